The number of fused-ring (bicyclic) bond motifs is 1. The molecule has 1 unspecified atom stereocenters. The Hall–Kier alpha value is -1.32. The highest BCUT2D eigenvalue weighted by Gasteiger charge is 2.28. The fourth-order valence-electron chi connectivity index (χ4n) is 4.13. The Bertz CT molecular complexity index is 452. The maximum Gasteiger partial charge on any atom is 0.224 e. The lowest BCUT2D eigenvalue weighted by atomic mass is 9.82. The molecule has 4 nitrogen and oxygen atoms in total. The smallest absolute Gasteiger partial charge is 0.224 e. The van der Waals surface area contributed by atoms with E-state index < -0.39 is 0 Å². The van der Waals surface area contributed by atoms with Gasteiger partial charge in [-0.1, -0.05) is 24.5 Å². The summed E-state index contributed by atoms with van der Waals surface area (Å²) in [6.07, 6.45) is 12.0. The third kappa shape index (κ3) is 3.71. The molecule has 0 aromatic rings. The van der Waals surface area contributed by atoms with Crippen molar-refractivity contribution in [2.75, 3.05) is 19.6 Å². The van der Waals surface area contributed by atoms with Crippen molar-refractivity contribution in [2.45, 2.75) is 57.8 Å². The maximum absolute atomic E-state index is 12.3. The van der Waals surface area contributed by atoms with Crippen molar-refractivity contribution in [1.29, 1.82) is 0 Å². The Morgan fingerprint density at radius 2 is 1.95 bits per heavy atom. The van der Waals surface area contributed by atoms with E-state index in [1.165, 1.54) is 37.7 Å². The van der Waals surface area contributed by atoms with E-state index >= 15 is 0 Å². The number of carbonyl (C=O) groups is 2. The number of piperidine rings is 1. The van der Waals surface area contributed by atoms with Gasteiger partial charge in [0.25, 0.3) is 0 Å². The van der Waals surface area contributed by atoms with Crippen LogP contribution >= 0.6 is 0 Å². The van der Waals surface area contributed by atoms with Gasteiger partial charge in [-0.25, -0.2) is 0 Å². The van der Waals surface area contributed by atoms with Crippen molar-refractivity contribution in [3.63, 3.8) is 0 Å². The summed E-state index contributed by atoms with van der Waals surface area (Å²) >= 11 is 0. The Balaban J connectivity index is 1.40. The third-order valence-corrected chi connectivity index (χ3v) is 5.53. The zero-order chi connectivity index (χ0) is 15.4. The molecule has 122 valence electrons. The van der Waals surface area contributed by atoms with Crippen molar-refractivity contribution in [3.05, 3.63) is 11.6 Å². The topological polar surface area (TPSA) is 49.4 Å². The van der Waals surface area contributed by atoms with E-state index in [0.717, 1.165) is 38.3 Å². The van der Waals surface area contributed by atoms with Gasteiger partial charge in [-0.15, -0.1) is 0 Å². The maximum atomic E-state index is 12.3. The Labute approximate surface area is 133 Å². The summed E-state index contributed by atoms with van der Waals surface area (Å²) in [5.74, 6) is 1.26. The van der Waals surface area contributed by atoms with Crippen LogP contribution in [0.3, 0.4) is 0 Å². The van der Waals surface area contributed by atoms with Crippen LogP contribution in [-0.4, -0.2) is 36.3 Å². The molecule has 4 heteroatoms. The summed E-state index contributed by atoms with van der Waals surface area (Å²) < 4.78 is 0. The van der Waals surface area contributed by atoms with Crippen LogP contribution in [0.25, 0.3) is 0 Å². The highest BCUT2D eigenvalue weighted by Crippen LogP contribution is 2.32. The van der Waals surface area contributed by atoms with Crippen molar-refractivity contribution >= 4 is 11.8 Å². The van der Waals surface area contributed by atoms with Crippen LogP contribution < -0.4 is 5.32 Å². The van der Waals surface area contributed by atoms with Crippen molar-refractivity contribution < 1.29 is 9.59 Å². The van der Waals surface area contributed by atoms with Gasteiger partial charge in [-0.05, 0) is 44.4 Å². The summed E-state index contributed by atoms with van der Waals surface area (Å²) in [6.45, 7) is 2.20. The first-order valence-electron chi connectivity index (χ1n) is 8.98. The minimum Gasteiger partial charge on any atom is -0.355 e. The van der Waals surface area contributed by atoms with Gasteiger partial charge in [0, 0.05) is 32.0 Å². The lowest BCUT2D eigenvalue weighted by Crippen LogP contribution is -2.42. The Kier molecular flexibility index (Phi) is 5.16. The summed E-state index contributed by atoms with van der Waals surface area (Å²) in [5.41, 5.74) is 1.47. The van der Waals surface area contributed by atoms with Gasteiger partial charge in [0.05, 0.1) is 0 Å². The second kappa shape index (κ2) is 7.30. The third-order valence-electron chi connectivity index (χ3n) is 5.53. The van der Waals surface area contributed by atoms with Crippen molar-refractivity contribution in [1.82, 2.24) is 10.2 Å². The van der Waals surface area contributed by atoms with Crippen molar-refractivity contribution in [3.8, 4) is 0 Å². The molecule has 1 saturated heterocycles. The molecule has 1 saturated carbocycles. The molecule has 1 heterocycles. The van der Waals surface area contributed by atoms with Gasteiger partial charge < -0.3 is 10.2 Å². The number of allylic oxidation sites excluding steroid dienone is 1. The molecule has 1 atom stereocenters. The van der Waals surface area contributed by atoms with E-state index in [1.807, 2.05) is 4.90 Å². The molecule has 0 radical (unpaired) electrons. The number of hydrogen-bond donors (Lipinski definition) is 1. The molecule has 2 aliphatic carbocycles. The highest BCUT2D eigenvalue weighted by atomic mass is 16.2. The minimum absolute atomic E-state index is 0.152. The number of carbonyl (C=O) groups excluding carboxylic acids is 2. The average Bonchev–Trinajstić information content (AvgIpc) is 3.08. The molecule has 0 aromatic heterocycles. The van der Waals surface area contributed by atoms with Gasteiger partial charge in [-0.2, -0.15) is 0 Å². The molecule has 2 fully saturated rings. The summed E-state index contributed by atoms with van der Waals surface area (Å²) in [5, 5.41) is 2.95. The fraction of sp³-hybridized carbons (Fsp3) is 0.778. The normalized spacial score (nSPS) is 25.5. The predicted molar refractivity (Wildman–Crippen MR) is 86.2 cm³/mol. The molecule has 1 aliphatic heterocycles. The van der Waals surface area contributed by atoms with Gasteiger partial charge in [-0.3, -0.25) is 9.59 Å². The molecule has 0 spiro atoms. The molecule has 0 bridgehead atoms. The van der Waals surface area contributed by atoms with E-state index in [9.17, 15) is 9.59 Å². The van der Waals surface area contributed by atoms with Crippen molar-refractivity contribution in [2.24, 2.45) is 11.8 Å². The van der Waals surface area contributed by atoms with Crippen LogP contribution in [0.5, 0.6) is 0 Å². The molecule has 1 N–H and O–H groups in total. The highest BCUT2D eigenvalue weighted by molar-refractivity contribution is 5.80. The van der Waals surface area contributed by atoms with E-state index in [1.54, 1.807) is 0 Å². The van der Waals surface area contributed by atoms with E-state index in [0.29, 0.717) is 13.0 Å². The molecule has 3 aliphatic rings. The quantitative estimate of drug-likeness (QED) is 0.812. The van der Waals surface area contributed by atoms with Crippen LogP contribution in [0.2, 0.25) is 0 Å². The molecule has 22 heavy (non-hydrogen) atoms. The monoisotopic (exact) mass is 304 g/mol. The number of nitrogens with zero attached hydrogens (tertiary/aromatic N) is 1. The molecular formula is C18H28N2O2. The molecule has 0 aromatic carbocycles. The SMILES string of the molecule is O=C(NCCC(=O)N1CCC2CCCC=C2C1)C1CCCC1. The fourth-order valence-corrected chi connectivity index (χ4v) is 4.13. The van der Waals surface area contributed by atoms with Crippen LogP contribution in [-0.2, 0) is 9.59 Å². The molecule has 3 rings (SSSR count). The van der Waals surface area contributed by atoms with Crippen LogP contribution in [0, 0.1) is 11.8 Å². The number of hydrogen-bond acceptors (Lipinski definition) is 2. The number of amides is 2. The summed E-state index contributed by atoms with van der Waals surface area (Å²) in [7, 11) is 0. The summed E-state index contributed by atoms with van der Waals surface area (Å²) in [6, 6.07) is 0. The van der Waals surface area contributed by atoms with E-state index in [4.69, 9.17) is 0 Å². The van der Waals surface area contributed by atoms with Crippen LogP contribution in [0.15, 0.2) is 11.6 Å². The van der Waals surface area contributed by atoms with Gasteiger partial charge in [0.2, 0.25) is 11.8 Å². The largest absolute Gasteiger partial charge is 0.355 e. The second-order valence-corrected chi connectivity index (χ2v) is 7.03. The molecule has 2 amide bonds. The Morgan fingerprint density at radius 3 is 2.77 bits per heavy atom. The molecular weight excluding hydrogens is 276 g/mol. The average molecular weight is 304 g/mol. The van der Waals surface area contributed by atoms with Crippen LogP contribution in [0.4, 0.5) is 0 Å². The summed E-state index contributed by atoms with van der Waals surface area (Å²) in [4.78, 5) is 26.3. The number of likely N-dealkylation sites (tertiary alicyclic amines) is 1. The lowest BCUT2D eigenvalue weighted by Gasteiger charge is -2.36. The first-order chi connectivity index (χ1) is 10.7. The standard InChI is InChI=1S/C18H28N2O2/c21-17(9-11-19-18(22)15-6-2-3-7-15)20-12-10-14-5-1-4-8-16(14)13-20/h8,14-15H,1-7,9-13H2,(H,19,22). The van der Waals surface area contributed by atoms with Gasteiger partial charge in [0.1, 0.15) is 0 Å². The first-order valence-corrected chi connectivity index (χ1v) is 8.98. The zero-order valence-corrected chi connectivity index (χ0v) is 13.5. The minimum atomic E-state index is 0.152. The van der Waals surface area contributed by atoms with E-state index in [2.05, 4.69) is 11.4 Å². The number of rotatable bonds is 4. The first kappa shape index (κ1) is 15.6. The van der Waals surface area contributed by atoms with Gasteiger partial charge >= 0.3 is 0 Å². The second-order valence-electron chi connectivity index (χ2n) is 7.03. The Morgan fingerprint density at radius 1 is 1.14 bits per heavy atom. The zero-order valence-electron chi connectivity index (χ0n) is 13.5. The van der Waals surface area contributed by atoms with Crippen LogP contribution in [0.1, 0.15) is 57.8 Å². The lowest BCUT2D eigenvalue weighted by molar-refractivity contribution is -0.131. The predicted octanol–water partition coefficient (Wildman–Crippen LogP) is 2.64. The number of nitrogens with one attached hydrogen (secondary N) is 1. The van der Waals surface area contributed by atoms with Gasteiger partial charge in [0.15, 0.2) is 0 Å². The van der Waals surface area contributed by atoms with E-state index in [-0.39, 0.29) is 17.7 Å².